The van der Waals surface area contributed by atoms with E-state index in [0.29, 0.717) is 29.6 Å². The molecule has 0 unspecified atom stereocenters. The molecule has 1 heterocycles. The summed E-state index contributed by atoms with van der Waals surface area (Å²) in [6.45, 7) is 0.874. The van der Waals surface area contributed by atoms with E-state index in [9.17, 15) is 4.39 Å². The Kier molecular flexibility index (Phi) is 8.61. The SMILES string of the molecule is CN=C(NCc1cnc(N(C)C)n1C)N(C)Cc1c(F)cccc1Cl.I. The number of hydrogen-bond acceptors (Lipinski definition) is 3. The van der Waals surface area contributed by atoms with Crippen LogP contribution in [-0.2, 0) is 20.1 Å². The molecular formula is C17H25ClFIN6. The lowest BCUT2D eigenvalue weighted by molar-refractivity contribution is 0.459. The van der Waals surface area contributed by atoms with E-state index in [1.165, 1.54) is 6.07 Å². The van der Waals surface area contributed by atoms with Gasteiger partial charge in [0, 0.05) is 52.4 Å². The second kappa shape index (κ2) is 9.96. The molecule has 9 heteroatoms. The number of guanidine groups is 1. The van der Waals surface area contributed by atoms with Crippen molar-refractivity contribution in [3.05, 3.63) is 46.5 Å². The minimum absolute atomic E-state index is 0. The van der Waals surface area contributed by atoms with Crippen molar-refractivity contribution in [2.75, 3.05) is 33.1 Å². The van der Waals surface area contributed by atoms with Gasteiger partial charge in [-0.15, -0.1) is 24.0 Å². The quantitative estimate of drug-likeness (QED) is 0.394. The second-order valence-corrected chi connectivity index (χ2v) is 6.37. The highest BCUT2D eigenvalue weighted by Gasteiger charge is 2.14. The lowest BCUT2D eigenvalue weighted by Crippen LogP contribution is -2.38. The van der Waals surface area contributed by atoms with Gasteiger partial charge in [0.05, 0.1) is 18.4 Å². The summed E-state index contributed by atoms with van der Waals surface area (Å²) in [4.78, 5) is 12.4. The highest BCUT2D eigenvalue weighted by Crippen LogP contribution is 2.20. The molecule has 0 aliphatic rings. The molecule has 0 bridgehead atoms. The molecule has 0 amide bonds. The fourth-order valence-corrected chi connectivity index (χ4v) is 2.79. The Morgan fingerprint density at radius 2 is 2.04 bits per heavy atom. The van der Waals surface area contributed by atoms with Crippen molar-refractivity contribution < 1.29 is 4.39 Å². The molecule has 2 aromatic rings. The van der Waals surface area contributed by atoms with Crippen LogP contribution in [0, 0.1) is 5.82 Å². The molecule has 0 aliphatic carbocycles. The summed E-state index contributed by atoms with van der Waals surface area (Å²) in [5, 5.41) is 3.68. The van der Waals surface area contributed by atoms with Crippen LogP contribution in [0.2, 0.25) is 5.02 Å². The Morgan fingerprint density at radius 1 is 1.35 bits per heavy atom. The molecule has 2 rings (SSSR count). The van der Waals surface area contributed by atoms with Gasteiger partial charge in [-0.3, -0.25) is 4.99 Å². The molecule has 1 N–H and O–H groups in total. The van der Waals surface area contributed by atoms with Gasteiger partial charge < -0.3 is 19.7 Å². The van der Waals surface area contributed by atoms with Crippen molar-refractivity contribution in [2.45, 2.75) is 13.1 Å². The van der Waals surface area contributed by atoms with Crippen LogP contribution in [-0.4, -0.2) is 48.6 Å². The maximum Gasteiger partial charge on any atom is 0.204 e. The van der Waals surface area contributed by atoms with E-state index in [1.807, 2.05) is 48.8 Å². The molecular weight excluding hydrogens is 470 g/mol. The zero-order chi connectivity index (χ0) is 18.6. The van der Waals surface area contributed by atoms with Gasteiger partial charge in [-0.05, 0) is 12.1 Å². The summed E-state index contributed by atoms with van der Waals surface area (Å²) in [5.41, 5.74) is 1.47. The average molecular weight is 495 g/mol. The van der Waals surface area contributed by atoms with E-state index in [2.05, 4.69) is 15.3 Å². The Labute approximate surface area is 176 Å². The van der Waals surface area contributed by atoms with E-state index in [1.54, 1.807) is 19.2 Å². The Morgan fingerprint density at radius 3 is 2.58 bits per heavy atom. The van der Waals surface area contributed by atoms with Crippen molar-refractivity contribution in [2.24, 2.45) is 12.0 Å². The molecule has 144 valence electrons. The van der Waals surface area contributed by atoms with E-state index >= 15 is 0 Å². The minimum Gasteiger partial charge on any atom is -0.351 e. The first kappa shape index (κ1) is 22.5. The number of anilines is 1. The monoisotopic (exact) mass is 494 g/mol. The number of aliphatic imine (C=N–C) groups is 1. The third-order valence-corrected chi connectivity index (χ3v) is 4.27. The van der Waals surface area contributed by atoms with Gasteiger partial charge >= 0.3 is 0 Å². The first-order chi connectivity index (χ1) is 11.8. The van der Waals surface area contributed by atoms with Gasteiger partial charge in [-0.1, -0.05) is 17.7 Å². The molecule has 0 radical (unpaired) electrons. The normalized spacial score (nSPS) is 11.1. The molecule has 0 spiro atoms. The molecule has 0 saturated carbocycles. The summed E-state index contributed by atoms with van der Waals surface area (Å²) in [6.07, 6.45) is 1.82. The lowest BCUT2D eigenvalue weighted by atomic mass is 10.2. The van der Waals surface area contributed by atoms with E-state index < -0.39 is 0 Å². The average Bonchev–Trinajstić information content (AvgIpc) is 2.93. The largest absolute Gasteiger partial charge is 0.351 e. The van der Waals surface area contributed by atoms with Crippen LogP contribution in [0.5, 0.6) is 0 Å². The van der Waals surface area contributed by atoms with Gasteiger partial charge in [-0.25, -0.2) is 9.37 Å². The summed E-state index contributed by atoms with van der Waals surface area (Å²) < 4.78 is 16.0. The summed E-state index contributed by atoms with van der Waals surface area (Å²) >= 11 is 6.10. The third-order valence-electron chi connectivity index (χ3n) is 3.92. The maximum absolute atomic E-state index is 14.0. The van der Waals surface area contributed by atoms with Gasteiger partial charge in [0.15, 0.2) is 5.96 Å². The van der Waals surface area contributed by atoms with Crippen LogP contribution >= 0.6 is 35.6 Å². The van der Waals surface area contributed by atoms with Gasteiger partial charge in [-0.2, -0.15) is 0 Å². The van der Waals surface area contributed by atoms with Crippen LogP contribution < -0.4 is 10.2 Å². The number of hydrogen-bond donors (Lipinski definition) is 1. The molecule has 0 aliphatic heterocycles. The van der Waals surface area contributed by atoms with Crippen LogP contribution in [0.4, 0.5) is 10.3 Å². The van der Waals surface area contributed by atoms with Crippen LogP contribution in [0.15, 0.2) is 29.4 Å². The maximum atomic E-state index is 14.0. The standard InChI is InChI=1S/C17H24ClFN6.HI/c1-20-16(21-9-12-10-22-17(23(2)3)25(12)5)24(4)11-13-14(18)7-6-8-15(13)19;/h6-8,10H,9,11H2,1-5H3,(H,20,21);1H. The van der Waals surface area contributed by atoms with Crippen LogP contribution in [0.3, 0.4) is 0 Å². The molecule has 0 atom stereocenters. The highest BCUT2D eigenvalue weighted by molar-refractivity contribution is 14.0. The molecule has 1 aromatic heterocycles. The van der Waals surface area contributed by atoms with Crippen molar-refractivity contribution in [1.82, 2.24) is 19.8 Å². The second-order valence-electron chi connectivity index (χ2n) is 5.96. The Hall–Kier alpha value is -1.55. The molecule has 6 nitrogen and oxygen atoms in total. The first-order valence-corrected chi connectivity index (χ1v) is 8.25. The van der Waals surface area contributed by atoms with E-state index in [0.717, 1.165) is 11.6 Å². The van der Waals surface area contributed by atoms with Crippen LogP contribution in [0.25, 0.3) is 0 Å². The lowest BCUT2D eigenvalue weighted by Gasteiger charge is -2.23. The predicted molar refractivity (Wildman–Crippen MR) is 116 cm³/mol. The van der Waals surface area contributed by atoms with E-state index in [-0.39, 0.29) is 29.8 Å². The number of benzene rings is 1. The van der Waals surface area contributed by atoms with Crippen molar-refractivity contribution in [3.63, 3.8) is 0 Å². The van der Waals surface area contributed by atoms with Crippen molar-refractivity contribution >= 4 is 47.5 Å². The number of nitrogens with zero attached hydrogens (tertiary/aromatic N) is 5. The summed E-state index contributed by atoms with van der Waals surface area (Å²) in [6, 6.07) is 4.69. The zero-order valence-corrected chi connectivity index (χ0v) is 18.7. The summed E-state index contributed by atoms with van der Waals surface area (Å²) in [5.74, 6) is 1.20. The van der Waals surface area contributed by atoms with Gasteiger partial charge in [0.25, 0.3) is 0 Å². The predicted octanol–water partition coefficient (Wildman–Crippen LogP) is 3.10. The number of halogens is 3. The summed E-state index contributed by atoms with van der Waals surface area (Å²) in [7, 11) is 9.39. The third kappa shape index (κ3) is 5.23. The number of nitrogens with one attached hydrogen (secondary N) is 1. The molecule has 26 heavy (non-hydrogen) atoms. The first-order valence-electron chi connectivity index (χ1n) is 7.87. The minimum atomic E-state index is -0.322. The molecule has 1 aromatic carbocycles. The van der Waals surface area contributed by atoms with Gasteiger partial charge in [0.1, 0.15) is 5.82 Å². The number of rotatable bonds is 5. The number of aromatic nitrogens is 2. The Bertz CT molecular complexity index is 741. The smallest absolute Gasteiger partial charge is 0.204 e. The van der Waals surface area contributed by atoms with Crippen molar-refractivity contribution in [3.8, 4) is 0 Å². The van der Waals surface area contributed by atoms with Gasteiger partial charge in [0.2, 0.25) is 5.95 Å². The Balaban J connectivity index is 0.00000338. The zero-order valence-electron chi connectivity index (χ0n) is 15.6. The van der Waals surface area contributed by atoms with Crippen LogP contribution in [0.1, 0.15) is 11.3 Å². The topological polar surface area (TPSA) is 48.7 Å². The molecule has 0 fully saturated rings. The van der Waals surface area contributed by atoms with E-state index in [4.69, 9.17) is 11.6 Å². The van der Waals surface area contributed by atoms with Crippen molar-refractivity contribution in [1.29, 1.82) is 0 Å². The highest BCUT2D eigenvalue weighted by atomic mass is 127. The fraction of sp³-hybridized carbons (Fsp3) is 0.412. The number of imidazole rings is 1. The molecule has 0 saturated heterocycles. The fourth-order valence-electron chi connectivity index (χ4n) is 2.56.